The highest BCUT2D eigenvalue weighted by molar-refractivity contribution is 5.48. The summed E-state index contributed by atoms with van der Waals surface area (Å²) in [5.74, 6) is 0. The molecule has 2 rings (SSSR count). The number of pyridine rings is 1. The minimum Gasteiger partial charge on any atom is -0.381 e. The first kappa shape index (κ1) is 10.7. The third kappa shape index (κ3) is 2.83. The molecule has 0 spiro atoms. The predicted molar refractivity (Wildman–Crippen MR) is 66.2 cm³/mol. The Morgan fingerprint density at radius 3 is 2.50 bits per heavy atom. The summed E-state index contributed by atoms with van der Waals surface area (Å²) >= 11 is 0. The van der Waals surface area contributed by atoms with Crippen molar-refractivity contribution in [3.63, 3.8) is 0 Å². The Kier molecular flexibility index (Phi) is 3.20. The lowest BCUT2D eigenvalue weighted by atomic mass is 10.1. The molecule has 0 fully saturated rings. The number of aryl methyl sites for hydroxylation is 2. The van der Waals surface area contributed by atoms with Crippen LogP contribution >= 0.6 is 0 Å². The molecule has 0 saturated heterocycles. The van der Waals surface area contributed by atoms with E-state index in [0.29, 0.717) is 0 Å². The van der Waals surface area contributed by atoms with Crippen molar-refractivity contribution in [1.82, 2.24) is 0 Å². The summed E-state index contributed by atoms with van der Waals surface area (Å²) < 4.78 is 0. The molecule has 0 aliphatic rings. The van der Waals surface area contributed by atoms with Gasteiger partial charge in [-0.05, 0) is 43.2 Å². The van der Waals surface area contributed by atoms with Gasteiger partial charge in [0.2, 0.25) is 0 Å². The molecule has 0 unspecified atom stereocenters. The second-order valence-corrected chi connectivity index (χ2v) is 4.14. The van der Waals surface area contributed by atoms with Gasteiger partial charge in [0.25, 0.3) is 0 Å². The fraction of sp³-hybridized carbons (Fsp3) is 0.214. The van der Waals surface area contributed by atoms with Crippen LogP contribution in [0.4, 0.5) is 5.69 Å². The lowest BCUT2D eigenvalue weighted by molar-refractivity contribution is -0.378. The Bertz CT molecular complexity index is 443. The van der Waals surface area contributed by atoms with E-state index in [-0.39, 0.29) is 0 Å². The smallest absolute Gasteiger partial charge is 0.171 e. The maximum Gasteiger partial charge on any atom is 0.171 e. The molecule has 0 radical (unpaired) electrons. The highest BCUT2D eigenvalue weighted by Gasteiger charge is 1.97. The van der Waals surface area contributed by atoms with E-state index < -0.39 is 0 Å². The summed E-state index contributed by atoms with van der Waals surface area (Å²) in [7, 11) is 0. The molecule has 0 saturated carbocycles. The van der Waals surface area contributed by atoms with Gasteiger partial charge in [0, 0.05) is 23.9 Å². The van der Waals surface area contributed by atoms with Gasteiger partial charge < -0.3 is 5.32 Å². The molecule has 1 aromatic heterocycles. The van der Waals surface area contributed by atoms with Crippen LogP contribution < -0.4 is 10.3 Å². The zero-order valence-corrected chi connectivity index (χ0v) is 9.75. The minimum atomic E-state index is 0.847. The first-order valence-electron chi connectivity index (χ1n) is 5.51. The van der Waals surface area contributed by atoms with Crippen LogP contribution in [-0.2, 0) is 6.54 Å². The summed E-state index contributed by atoms with van der Waals surface area (Å²) in [5, 5.41) is 3.42. The average Bonchev–Trinajstić information content (AvgIpc) is 2.27. The summed E-state index contributed by atoms with van der Waals surface area (Å²) in [4.78, 5) is 3.08. The van der Waals surface area contributed by atoms with Gasteiger partial charge in [-0.1, -0.05) is 6.07 Å². The van der Waals surface area contributed by atoms with Gasteiger partial charge in [-0.15, -0.1) is 0 Å². The number of rotatable bonds is 3. The molecule has 2 aromatic rings. The van der Waals surface area contributed by atoms with E-state index in [9.17, 15) is 0 Å². The zero-order valence-electron chi connectivity index (χ0n) is 9.75. The monoisotopic (exact) mass is 213 g/mol. The summed E-state index contributed by atoms with van der Waals surface area (Å²) in [6.07, 6.45) is 3.93. The third-order valence-electron chi connectivity index (χ3n) is 2.49. The molecule has 0 bridgehead atoms. The van der Waals surface area contributed by atoms with Gasteiger partial charge >= 0.3 is 0 Å². The molecule has 2 N–H and O–H groups in total. The molecular formula is C14H17N2+. The van der Waals surface area contributed by atoms with E-state index in [1.807, 2.05) is 18.5 Å². The van der Waals surface area contributed by atoms with E-state index >= 15 is 0 Å². The van der Waals surface area contributed by atoms with Crippen molar-refractivity contribution in [3.8, 4) is 0 Å². The van der Waals surface area contributed by atoms with Gasteiger partial charge in [-0.3, -0.25) is 0 Å². The van der Waals surface area contributed by atoms with Crippen molar-refractivity contribution < 1.29 is 4.98 Å². The van der Waals surface area contributed by atoms with Gasteiger partial charge in [0.1, 0.15) is 0 Å². The number of aromatic amines is 1. The molecule has 82 valence electrons. The minimum absolute atomic E-state index is 0.847. The van der Waals surface area contributed by atoms with Gasteiger partial charge in [0.05, 0.1) is 0 Å². The molecule has 0 amide bonds. The quantitative estimate of drug-likeness (QED) is 0.833. The lowest BCUT2D eigenvalue weighted by Crippen LogP contribution is -2.05. The standard InChI is InChI=1S/C14H16N2/c1-11-6-12(2)8-14(7-11)16-10-13-4-3-5-15-9-13/h3-9,16H,10H2,1-2H3/p+1. The molecule has 0 atom stereocenters. The second kappa shape index (κ2) is 4.79. The largest absolute Gasteiger partial charge is 0.381 e. The molecule has 1 aromatic carbocycles. The fourth-order valence-electron chi connectivity index (χ4n) is 1.82. The number of hydrogen-bond acceptors (Lipinski definition) is 1. The average molecular weight is 213 g/mol. The summed E-state index contributed by atoms with van der Waals surface area (Å²) in [5.41, 5.74) is 5.02. The molecule has 16 heavy (non-hydrogen) atoms. The highest BCUT2D eigenvalue weighted by Crippen LogP contribution is 2.14. The number of nitrogens with one attached hydrogen (secondary N) is 2. The molecule has 2 heteroatoms. The van der Waals surface area contributed by atoms with Crippen molar-refractivity contribution in [2.75, 3.05) is 5.32 Å². The summed E-state index contributed by atoms with van der Waals surface area (Å²) in [6, 6.07) is 10.6. The van der Waals surface area contributed by atoms with Gasteiger partial charge in [-0.2, -0.15) is 0 Å². The fourth-order valence-corrected chi connectivity index (χ4v) is 1.82. The highest BCUT2D eigenvalue weighted by atomic mass is 14.9. The SMILES string of the molecule is Cc1cc(C)cc(NCc2ccc[nH+]c2)c1. The Morgan fingerprint density at radius 1 is 1.12 bits per heavy atom. The molecule has 0 aliphatic carbocycles. The Hall–Kier alpha value is -1.83. The van der Waals surface area contributed by atoms with Crippen molar-refractivity contribution in [3.05, 3.63) is 59.4 Å². The maximum absolute atomic E-state index is 3.42. The van der Waals surface area contributed by atoms with Crippen LogP contribution in [0.1, 0.15) is 16.7 Å². The summed E-state index contributed by atoms with van der Waals surface area (Å²) in [6.45, 7) is 5.09. The second-order valence-electron chi connectivity index (χ2n) is 4.14. The van der Waals surface area contributed by atoms with Crippen LogP contribution in [0, 0.1) is 13.8 Å². The van der Waals surface area contributed by atoms with Gasteiger partial charge in [0.15, 0.2) is 12.4 Å². The zero-order chi connectivity index (χ0) is 11.4. The first-order chi connectivity index (χ1) is 7.74. The predicted octanol–water partition coefficient (Wildman–Crippen LogP) is 2.73. The Labute approximate surface area is 96.4 Å². The van der Waals surface area contributed by atoms with Crippen molar-refractivity contribution in [2.45, 2.75) is 20.4 Å². The lowest BCUT2D eigenvalue weighted by Gasteiger charge is -2.07. The van der Waals surface area contributed by atoms with E-state index in [2.05, 4.69) is 48.4 Å². The van der Waals surface area contributed by atoms with Crippen LogP contribution in [0.3, 0.4) is 0 Å². The third-order valence-corrected chi connectivity index (χ3v) is 2.49. The molecule has 0 aliphatic heterocycles. The Morgan fingerprint density at radius 2 is 1.88 bits per heavy atom. The topological polar surface area (TPSA) is 26.2 Å². The van der Waals surface area contributed by atoms with Crippen LogP contribution in [0.2, 0.25) is 0 Å². The van der Waals surface area contributed by atoms with E-state index in [4.69, 9.17) is 0 Å². The number of benzene rings is 1. The molecule has 1 heterocycles. The first-order valence-corrected chi connectivity index (χ1v) is 5.51. The Balaban J connectivity index is 2.05. The van der Waals surface area contributed by atoms with E-state index in [1.54, 1.807) is 0 Å². The molecule has 2 nitrogen and oxygen atoms in total. The van der Waals surface area contributed by atoms with Crippen LogP contribution in [0.15, 0.2) is 42.7 Å². The number of H-pyrrole nitrogens is 1. The van der Waals surface area contributed by atoms with Crippen molar-refractivity contribution >= 4 is 5.69 Å². The van der Waals surface area contributed by atoms with Gasteiger partial charge in [-0.25, -0.2) is 4.98 Å². The normalized spacial score (nSPS) is 10.1. The van der Waals surface area contributed by atoms with E-state index in [1.165, 1.54) is 22.4 Å². The van der Waals surface area contributed by atoms with Crippen molar-refractivity contribution in [2.24, 2.45) is 0 Å². The van der Waals surface area contributed by atoms with Crippen LogP contribution in [0.5, 0.6) is 0 Å². The molecular weight excluding hydrogens is 196 g/mol. The van der Waals surface area contributed by atoms with E-state index in [0.717, 1.165) is 6.54 Å². The van der Waals surface area contributed by atoms with Crippen molar-refractivity contribution in [1.29, 1.82) is 0 Å². The van der Waals surface area contributed by atoms with Crippen LogP contribution in [-0.4, -0.2) is 0 Å². The number of aromatic nitrogens is 1. The number of hydrogen-bond donors (Lipinski definition) is 1. The van der Waals surface area contributed by atoms with Crippen LogP contribution in [0.25, 0.3) is 0 Å². The number of anilines is 1. The maximum atomic E-state index is 3.42.